The highest BCUT2D eigenvalue weighted by atomic mass is 32.2. The van der Waals surface area contributed by atoms with E-state index in [1.807, 2.05) is 65.0 Å². The number of anilines is 2. The van der Waals surface area contributed by atoms with Gasteiger partial charge in [0.2, 0.25) is 0 Å². The molecule has 1 atom stereocenters. The van der Waals surface area contributed by atoms with Crippen molar-refractivity contribution < 1.29 is 9.35 Å². The highest BCUT2D eigenvalue weighted by Crippen LogP contribution is 2.37. The Balaban J connectivity index is 1.54. The van der Waals surface area contributed by atoms with E-state index < -0.39 is 22.9 Å². The molecule has 0 saturated carbocycles. The van der Waals surface area contributed by atoms with Crippen LogP contribution < -0.4 is 26.0 Å². The predicted octanol–water partition coefficient (Wildman–Crippen LogP) is 5.63. The minimum Gasteiger partial charge on any atom is -0.593 e. The number of rotatable bonds is 9. The zero-order valence-electron chi connectivity index (χ0n) is 23.5. The molecule has 0 spiro atoms. The molecule has 216 valence electrons. The highest BCUT2D eigenvalue weighted by Gasteiger charge is 2.26. The molecule has 1 unspecified atom stereocenters. The first-order valence-corrected chi connectivity index (χ1v) is 15.4. The highest BCUT2D eigenvalue weighted by molar-refractivity contribution is 7.89. The van der Waals surface area contributed by atoms with E-state index in [1.54, 1.807) is 30.7 Å². The number of carbonyl (C=O) groups excluding carboxylic acids is 1. The van der Waals surface area contributed by atoms with Crippen LogP contribution in [0, 0.1) is 0 Å². The Bertz CT molecular complexity index is 1460. The lowest BCUT2D eigenvalue weighted by Crippen LogP contribution is -2.40. The summed E-state index contributed by atoms with van der Waals surface area (Å²) >= 11 is 5.28. The molecule has 2 aromatic carbocycles. The summed E-state index contributed by atoms with van der Waals surface area (Å²) in [5.74, 6) is 0.644. The van der Waals surface area contributed by atoms with E-state index >= 15 is 0 Å². The molecule has 2 amide bonds. The van der Waals surface area contributed by atoms with Crippen LogP contribution >= 0.6 is 23.6 Å². The van der Waals surface area contributed by atoms with Crippen LogP contribution in [0.5, 0.6) is 0 Å². The van der Waals surface area contributed by atoms with Gasteiger partial charge in [0.15, 0.2) is 10.0 Å². The fourth-order valence-electron chi connectivity index (χ4n) is 3.68. The first-order chi connectivity index (χ1) is 19.5. The molecule has 10 nitrogen and oxygen atoms in total. The van der Waals surface area contributed by atoms with Crippen molar-refractivity contribution in [1.29, 1.82) is 0 Å². The van der Waals surface area contributed by atoms with Crippen molar-refractivity contribution in [2.75, 3.05) is 10.6 Å². The molecule has 0 fully saturated rings. The molecule has 0 aliphatic heterocycles. The molecular weight excluding hydrogens is 577 g/mol. The number of benzene rings is 2. The lowest BCUT2D eigenvalue weighted by Gasteiger charge is -2.23. The fraction of sp³-hybridized carbons (Fsp3) is 0.286. The number of imidazole rings is 1. The second kappa shape index (κ2) is 13.4. The number of amides is 2. The number of hydrogen-bond donors (Lipinski definition) is 6. The summed E-state index contributed by atoms with van der Waals surface area (Å²) in [6.07, 6.45) is 5.10. The molecule has 41 heavy (non-hydrogen) atoms. The molecule has 0 radical (unpaired) electrons. The second-order valence-electron chi connectivity index (χ2n) is 10.5. The normalized spacial score (nSPS) is 12.2. The number of urea groups is 1. The Hall–Kier alpha value is -3.49. The predicted molar refractivity (Wildman–Crippen MR) is 171 cm³/mol. The van der Waals surface area contributed by atoms with E-state index in [-0.39, 0.29) is 12.6 Å². The monoisotopic (exact) mass is 610 g/mol. The van der Waals surface area contributed by atoms with E-state index in [0.29, 0.717) is 21.5 Å². The Morgan fingerprint density at radius 2 is 1.83 bits per heavy atom. The number of carbonyl (C=O) groups is 1. The van der Waals surface area contributed by atoms with Crippen molar-refractivity contribution in [2.45, 2.75) is 57.6 Å². The largest absolute Gasteiger partial charge is 0.593 e. The van der Waals surface area contributed by atoms with Gasteiger partial charge in [0.1, 0.15) is 10.8 Å². The molecule has 0 bridgehead atoms. The number of H-pyrrole nitrogens is 1. The lowest BCUT2D eigenvalue weighted by molar-refractivity contribution is 0.251. The van der Waals surface area contributed by atoms with Crippen molar-refractivity contribution in [3.05, 3.63) is 66.9 Å². The van der Waals surface area contributed by atoms with Gasteiger partial charge in [-0.2, -0.15) is 0 Å². The second-order valence-corrected chi connectivity index (χ2v) is 13.2. The van der Waals surface area contributed by atoms with Gasteiger partial charge in [0.25, 0.3) is 0 Å². The van der Waals surface area contributed by atoms with Gasteiger partial charge in [-0.25, -0.2) is 14.8 Å². The van der Waals surface area contributed by atoms with Gasteiger partial charge < -0.3 is 30.8 Å². The zero-order chi connectivity index (χ0) is 29.6. The van der Waals surface area contributed by atoms with Crippen molar-refractivity contribution >= 4 is 57.4 Å². The van der Waals surface area contributed by atoms with Crippen LogP contribution in [0.1, 0.15) is 40.4 Å². The van der Waals surface area contributed by atoms with Gasteiger partial charge in [0, 0.05) is 47.6 Å². The van der Waals surface area contributed by atoms with Gasteiger partial charge in [-0.05, 0) is 83.2 Å². The summed E-state index contributed by atoms with van der Waals surface area (Å²) in [7, 11) is 0. The zero-order valence-corrected chi connectivity index (χ0v) is 25.9. The van der Waals surface area contributed by atoms with Gasteiger partial charge >= 0.3 is 6.03 Å². The maximum Gasteiger partial charge on any atom is 0.319 e. The van der Waals surface area contributed by atoms with Crippen LogP contribution in [-0.4, -0.2) is 42.2 Å². The number of nitrogens with zero attached hydrogens (tertiary/aromatic N) is 2. The lowest BCUT2D eigenvalue weighted by atomic mass is 10.1. The molecule has 0 saturated heterocycles. The number of hydrogen-bond acceptors (Lipinski definition) is 7. The van der Waals surface area contributed by atoms with Gasteiger partial charge in [-0.1, -0.05) is 0 Å². The van der Waals surface area contributed by atoms with Crippen molar-refractivity contribution in [2.24, 2.45) is 0 Å². The van der Waals surface area contributed by atoms with E-state index in [9.17, 15) is 9.35 Å². The third kappa shape index (κ3) is 9.00. The molecule has 0 aliphatic carbocycles. The van der Waals surface area contributed by atoms with E-state index in [1.165, 1.54) is 11.3 Å². The van der Waals surface area contributed by atoms with Crippen LogP contribution in [0.2, 0.25) is 0 Å². The van der Waals surface area contributed by atoms with Crippen molar-refractivity contribution in [1.82, 2.24) is 30.3 Å². The number of nitrogens with one attached hydrogen (secondary N) is 6. The van der Waals surface area contributed by atoms with Crippen LogP contribution in [0.15, 0.2) is 66.0 Å². The summed E-state index contributed by atoms with van der Waals surface area (Å²) in [5, 5.41) is 13.3. The molecule has 6 N–H and O–H groups in total. The standard InChI is InChI=1S/C28H34N8O2S3/c1-17(2)33-27(39)35-19-8-6-18(7-9-19)25-31-15-22(40-25)21-11-10-20(14-23(21)41(38)36-28(3,4)5)34-26(37)32-16-24-29-12-13-30-24/h6-15,17,36H,16H2,1-5H3,(H,29,30)(H2,32,34,37)(H2,33,35,39). The number of aromatic nitrogens is 3. The van der Waals surface area contributed by atoms with Crippen LogP contribution in [-0.2, 0) is 17.9 Å². The Labute approximate surface area is 252 Å². The molecule has 0 aliphatic rings. The smallest absolute Gasteiger partial charge is 0.319 e. The van der Waals surface area contributed by atoms with E-state index in [4.69, 9.17) is 12.2 Å². The van der Waals surface area contributed by atoms with Crippen molar-refractivity contribution in [3.8, 4) is 21.0 Å². The summed E-state index contributed by atoms with van der Waals surface area (Å²) in [6, 6.07) is 13.1. The summed E-state index contributed by atoms with van der Waals surface area (Å²) in [6.45, 7) is 10.2. The Morgan fingerprint density at radius 3 is 2.49 bits per heavy atom. The maximum absolute atomic E-state index is 13.5. The summed E-state index contributed by atoms with van der Waals surface area (Å²) < 4.78 is 16.6. The number of thiazole rings is 1. The SMILES string of the molecule is CC(C)NC(=S)Nc1ccc(-c2ncc(-c3ccc(NC(=O)NCc4ncc[nH]4)cc3[S+]([O-])NC(C)(C)C)s2)cc1. The summed E-state index contributed by atoms with van der Waals surface area (Å²) in [5.41, 5.74) is 2.73. The van der Waals surface area contributed by atoms with Gasteiger partial charge in [-0.15, -0.1) is 16.1 Å². The minimum absolute atomic E-state index is 0.246. The minimum atomic E-state index is -1.55. The van der Waals surface area contributed by atoms with Crippen LogP contribution in [0.4, 0.5) is 16.2 Å². The Kier molecular flexibility index (Phi) is 9.99. The topological polar surface area (TPSA) is 142 Å². The quantitative estimate of drug-likeness (QED) is 0.106. The van der Waals surface area contributed by atoms with Crippen LogP contribution in [0.25, 0.3) is 21.0 Å². The average molecular weight is 611 g/mol. The maximum atomic E-state index is 13.5. The van der Waals surface area contributed by atoms with E-state index in [2.05, 4.69) is 40.9 Å². The molecule has 13 heteroatoms. The first kappa shape index (κ1) is 30.5. The molecule has 2 aromatic heterocycles. The molecule has 2 heterocycles. The van der Waals surface area contributed by atoms with Crippen molar-refractivity contribution in [3.63, 3.8) is 0 Å². The molecular formula is C28H34N8O2S3. The fourth-order valence-corrected chi connectivity index (χ4v) is 6.34. The van der Waals surface area contributed by atoms with E-state index in [0.717, 1.165) is 26.7 Å². The Morgan fingerprint density at radius 1 is 1.10 bits per heavy atom. The third-order valence-corrected chi connectivity index (χ3v) is 8.22. The number of aromatic amines is 1. The first-order valence-electron chi connectivity index (χ1n) is 13.0. The molecule has 4 aromatic rings. The average Bonchev–Trinajstić information content (AvgIpc) is 3.59. The number of thiocarbonyl (C=S) groups is 1. The third-order valence-electron chi connectivity index (χ3n) is 5.39. The van der Waals surface area contributed by atoms with Gasteiger partial charge in [0.05, 0.1) is 33.9 Å². The van der Waals surface area contributed by atoms with Gasteiger partial charge in [-0.3, -0.25) is 0 Å². The van der Waals surface area contributed by atoms with Crippen LogP contribution in [0.3, 0.4) is 0 Å². The molecule has 4 rings (SSSR count). The summed E-state index contributed by atoms with van der Waals surface area (Å²) in [4.78, 5) is 25.6.